The fraction of sp³-hybridized carbons (Fsp3) is 0.348. The van der Waals surface area contributed by atoms with Crippen molar-refractivity contribution in [3.05, 3.63) is 52.4 Å². The Morgan fingerprint density at radius 1 is 1.10 bits per heavy atom. The van der Waals surface area contributed by atoms with Crippen LogP contribution in [0.1, 0.15) is 34.7 Å². The number of benzene rings is 1. The monoisotopic (exact) mass is 435 g/mol. The van der Waals surface area contributed by atoms with Gasteiger partial charge in [0.15, 0.2) is 11.5 Å². The van der Waals surface area contributed by atoms with Gasteiger partial charge in [0.2, 0.25) is 5.95 Å². The minimum absolute atomic E-state index is 0.624. The Morgan fingerprint density at radius 3 is 2.71 bits per heavy atom. The molecule has 160 valence electrons. The first kappa shape index (κ1) is 19.8. The van der Waals surface area contributed by atoms with Gasteiger partial charge in [-0.1, -0.05) is 6.07 Å². The molecule has 4 aromatic rings. The maximum atomic E-state index is 5.46. The van der Waals surface area contributed by atoms with E-state index in [1.807, 2.05) is 35.9 Å². The van der Waals surface area contributed by atoms with Gasteiger partial charge in [-0.2, -0.15) is 4.98 Å². The van der Waals surface area contributed by atoms with Crippen LogP contribution >= 0.6 is 11.3 Å². The molecule has 0 saturated carbocycles. The van der Waals surface area contributed by atoms with Crippen LogP contribution in [0.25, 0.3) is 16.2 Å². The molecule has 1 aromatic carbocycles. The van der Waals surface area contributed by atoms with Crippen LogP contribution in [0, 0.1) is 6.92 Å². The predicted octanol–water partition coefficient (Wildman–Crippen LogP) is 4.69. The molecule has 0 amide bonds. The number of anilines is 1. The second kappa shape index (κ2) is 8.19. The topological polar surface area (TPSA) is 74.1 Å². The summed E-state index contributed by atoms with van der Waals surface area (Å²) in [5.74, 6) is 3.84. The van der Waals surface area contributed by atoms with Crippen molar-refractivity contribution < 1.29 is 9.47 Å². The van der Waals surface area contributed by atoms with E-state index in [-0.39, 0.29) is 0 Å². The summed E-state index contributed by atoms with van der Waals surface area (Å²) in [6.07, 6.45) is 8.37. The van der Waals surface area contributed by atoms with E-state index in [2.05, 4.69) is 10.3 Å². The molecule has 0 bridgehead atoms. The van der Waals surface area contributed by atoms with Gasteiger partial charge >= 0.3 is 0 Å². The van der Waals surface area contributed by atoms with Crippen LogP contribution in [0.3, 0.4) is 0 Å². The number of nitrogens with zero attached hydrogens (tertiary/aromatic N) is 4. The number of imidazole rings is 1. The van der Waals surface area contributed by atoms with E-state index >= 15 is 0 Å². The molecule has 3 heterocycles. The maximum absolute atomic E-state index is 5.46. The molecule has 1 aliphatic rings. The first-order chi connectivity index (χ1) is 15.2. The van der Waals surface area contributed by atoms with Crippen LogP contribution < -0.4 is 14.8 Å². The highest BCUT2D eigenvalue weighted by Crippen LogP contribution is 2.39. The third kappa shape index (κ3) is 3.61. The lowest BCUT2D eigenvalue weighted by atomic mass is 9.97. The Hall–Kier alpha value is -3.13. The zero-order chi connectivity index (χ0) is 21.4. The number of aromatic nitrogens is 4. The van der Waals surface area contributed by atoms with Crippen molar-refractivity contribution in [3.63, 3.8) is 0 Å². The van der Waals surface area contributed by atoms with Gasteiger partial charge in [-0.25, -0.2) is 9.97 Å². The molecule has 31 heavy (non-hydrogen) atoms. The van der Waals surface area contributed by atoms with Gasteiger partial charge < -0.3 is 14.8 Å². The Bertz CT molecular complexity index is 1250. The molecule has 0 aliphatic heterocycles. The van der Waals surface area contributed by atoms with Gasteiger partial charge in [0.1, 0.15) is 16.5 Å². The minimum atomic E-state index is 0.624. The van der Waals surface area contributed by atoms with Crippen LogP contribution in [-0.4, -0.2) is 33.7 Å². The number of nitrogens with one attached hydrogen (secondary N) is 1. The summed E-state index contributed by atoms with van der Waals surface area (Å²) in [5.41, 5.74) is 2.50. The molecule has 3 aromatic heterocycles. The van der Waals surface area contributed by atoms with Crippen LogP contribution in [0.15, 0.2) is 30.6 Å². The SMILES string of the molecule is COc1ccc(CNc2nc(-n3ccnc3C)nc3sc4c(c23)CCCC4)cc1OC. The molecule has 0 radical (unpaired) electrons. The number of rotatable bonds is 6. The lowest BCUT2D eigenvalue weighted by Gasteiger charge is -2.14. The molecule has 1 aliphatic carbocycles. The molecule has 5 rings (SSSR count). The van der Waals surface area contributed by atoms with Crippen LogP contribution in [0.2, 0.25) is 0 Å². The van der Waals surface area contributed by atoms with Crippen LogP contribution in [0.5, 0.6) is 11.5 Å². The van der Waals surface area contributed by atoms with Crippen molar-refractivity contribution in [2.24, 2.45) is 0 Å². The predicted molar refractivity (Wildman–Crippen MR) is 123 cm³/mol. The largest absolute Gasteiger partial charge is 0.493 e. The molecule has 0 fully saturated rings. The molecular weight excluding hydrogens is 410 g/mol. The van der Waals surface area contributed by atoms with E-state index in [9.17, 15) is 0 Å². The Labute approximate surface area is 185 Å². The van der Waals surface area contributed by atoms with Crippen molar-refractivity contribution in [1.29, 1.82) is 0 Å². The highest BCUT2D eigenvalue weighted by Gasteiger charge is 2.22. The molecule has 0 spiro atoms. The first-order valence-electron chi connectivity index (χ1n) is 10.5. The highest BCUT2D eigenvalue weighted by molar-refractivity contribution is 7.19. The second-order valence-corrected chi connectivity index (χ2v) is 8.73. The van der Waals surface area contributed by atoms with Crippen LogP contribution in [0.4, 0.5) is 5.82 Å². The third-order valence-electron chi connectivity index (χ3n) is 5.75. The number of aryl methyl sites for hydroxylation is 3. The fourth-order valence-electron chi connectivity index (χ4n) is 4.15. The zero-order valence-electron chi connectivity index (χ0n) is 17.9. The second-order valence-electron chi connectivity index (χ2n) is 7.65. The minimum Gasteiger partial charge on any atom is -0.493 e. The lowest BCUT2D eigenvalue weighted by Crippen LogP contribution is -2.09. The highest BCUT2D eigenvalue weighted by atomic mass is 32.1. The summed E-state index contributed by atoms with van der Waals surface area (Å²) in [6.45, 7) is 2.59. The van der Waals surface area contributed by atoms with Crippen molar-refractivity contribution >= 4 is 27.4 Å². The van der Waals surface area contributed by atoms with E-state index in [0.29, 0.717) is 12.5 Å². The van der Waals surface area contributed by atoms with Crippen molar-refractivity contribution in [3.8, 4) is 17.4 Å². The number of fused-ring (bicyclic) bond motifs is 3. The zero-order valence-corrected chi connectivity index (χ0v) is 18.8. The van der Waals surface area contributed by atoms with Crippen LogP contribution in [-0.2, 0) is 19.4 Å². The van der Waals surface area contributed by atoms with Crippen molar-refractivity contribution in [1.82, 2.24) is 19.5 Å². The first-order valence-corrected chi connectivity index (χ1v) is 11.3. The summed E-state index contributed by atoms with van der Waals surface area (Å²) in [4.78, 5) is 16.7. The molecular formula is C23H25N5O2S. The van der Waals surface area contributed by atoms with Crippen molar-refractivity contribution in [2.75, 3.05) is 19.5 Å². The van der Waals surface area contributed by atoms with E-state index < -0.39 is 0 Å². The van der Waals surface area contributed by atoms with E-state index in [4.69, 9.17) is 19.4 Å². The van der Waals surface area contributed by atoms with Crippen molar-refractivity contribution in [2.45, 2.75) is 39.2 Å². The van der Waals surface area contributed by atoms with E-state index in [0.717, 1.165) is 46.4 Å². The molecule has 8 heteroatoms. The van der Waals surface area contributed by atoms with E-state index in [1.165, 1.54) is 28.7 Å². The summed E-state index contributed by atoms with van der Waals surface area (Å²) >= 11 is 1.80. The normalized spacial score (nSPS) is 13.3. The summed E-state index contributed by atoms with van der Waals surface area (Å²) < 4.78 is 12.7. The average Bonchev–Trinajstić information content (AvgIpc) is 3.40. The van der Waals surface area contributed by atoms with Gasteiger partial charge in [0.25, 0.3) is 0 Å². The lowest BCUT2D eigenvalue weighted by molar-refractivity contribution is 0.354. The smallest absolute Gasteiger partial charge is 0.238 e. The Morgan fingerprint density at radius 2 is 1.94 bits per heavy atom. The Kier molecular flexibility index (Phi) is 5.23. The van der Waals surface area contributed by atoms with E-state index in [1.54, 1.807) is 31.8 Å². The van der Waals surface area contributed by atoms with Gasteiger partial charge in [-0.15, -0.1) is 11.3 Å². The molecule has 1 N–H and O–H groups in total. The number of thiophene rings is 1. The number of methoxy groups -OCH3 is 2. The van der Waals surface area contributed by atoms with Gasteiger partial charge in [-0.3, -0.25) is 4.57 Å². The quantitative estimate of drug-likeness (QED) is 0.473. The molecule has 0 saturated heterocycles. The summed E-state index contributed by atoms with van der Waals surface area (Å²) in [7, 11) is 3.30. The third-order valence-corrected chi connectivity index (χ3v) is 6.94. The maximum Gasteiger partial charge on any atom is 0.238 e. The standard InChI is InChI=1S/C23H25N5O2S/c1-14-24-10-11-28(14)23-26-21(20-16-6-4-5-7-19(16)31-22(20)27-23)25-13-15-8-9-17(29-2)18(12-15)30-3/h8-12H,4-7,13H2,1-3H3,(H,25,26,27). The Balaban J connectivity index is 1.56. The summed E-state index contributed by atoms with van der Waals surface area (Å²) in [5, 5.41) is 4.74. The van der Waals surface area contributed by atoms with Gasteiger partial charge in [-0.05, 0) is 55.9 Å². The fourth-order valence-corrected chi connectivity index (χ4v) is 5.40. The van der Waals surface area contributed by atoms with Gasteiger partial charge in [0.05, 0.1) is 19.6 Å². The number of hydrogen-bond acceptors (Lipinski definition) is 7. The molecule has 0 unspecified atom stereocenters. The molecule has 0 atom stereocenters. The molecule has 7 nitrogen and oxygen atoms in total. The average molecular weight is 436 g/mol. The van der Waals surface area contributed by atoms with Gasteiger partial charge in [0, 0.05) is 23.8 Å². The summed E-state index contributed by atoms with van der Waals surface area (Å²) in [6, 6.07) is 5.96. The number of hydrogen-bond donors (Lipinski definition) is 1. The number of ether oxygens (including phenoxy) is 2.